The third-order valence-electron chi connectivity index (χ3n) is 8.00. The van der Waals surface area contributed by atoms with Crippen molar-refractivity contribution in [2.75, 3.05) is 18.0 Å². The minimum atomic E-state index is 0.226. The second-order valence-corrected chi connectivity index (χ2v) is 10.3. The molecule has 1 aromatic carbocycles. The van der Waals surface area contributed by atoms with Crippen molar-refractivity contribution >= 4 is 11.6 Å². The fourth-order valence-electron chi connectivity index (χ4n) is 6.12. The van der Waals surface area contributed by atoms with E-state index in [-0.39, 0.29) is 5.92 Å². The number of benzene rings is 1. The number of anilines is 1. The Morgan fingerprint density at radius 1 is 1.03 bits per heavy atom. The van der Waals surface area contributed by atoms with Crippen molar-refractivity contribution in [2.45, 2.75) is 89.8 Å². The standard InChI is InChI=1S/C26H37N5O/c1-18(2)25-28-27-19(3)31(25)24-16-22-12-13-23(17-24)29(22)14-15-30(21-10-5-4-6-11-21)26(32)20-8-7-9-20/h4-6,10-11,18,20,22-24H,7-9,12-17H2,1-3H3/t22-,23-/m1/s1. The van der Waals surface area contributed by atoms with Crippen LogP contribution >= 0.6 is 0 Å². The summed E-state index contributed by atoms with van der Waals surface area (Å²) in [5.74, 6) is 3.12. The van der Waals surface area contributed by atoms with E-state index in [9.17, 15) is 4.79 Å². The molecule has 6 nitrogen and oxygen atoms in total. The Hall–Kier alpha value is -2.21. The quantitative estimate of drug-likeness (QED) is 0.632. The van der Waals surface area contributed by atoms with E-state index in [0.29, 0.717) is 30.0 Å². The summed E-state index contributed by atoms with van der Waals surface area (Å²) in [6.45, 7) is 8.27. The van der Waals surface area contributed by atoms with E-state index in [2.05, 4.69) is 57.5 Å². The van der Waals surface area contributed by atoms with Crippen LogP contribution in [0.25, 0.3) is 0 Å². The summed E-state index contributed by atoms with van der Waals surface area (Å²) in [4.78, 5) is 18.0. The van der Waals surface area contributed by atoms with Gasteiger partial charge < -0.3 is 9.47 Å². The second kappa shape index (κ2) is 8.97. The number of carbonyl (C=O) groups excluding carboxylic acids is 1. The third-order valence-corrected chi connectivity index (χ3v) is 8.00. The Balaban J connectivity index is 1.28. The van der Waals surface area contributed by atoms with Gasteiger partial charge in [0.1, 0.15) is 11.6 Å². The predicted octanol–water partition coefficient (Wildman–Crippen LogP) is 4.71. The van der Waals surface area contributed by atoms with Crippen LogP contribution in [0.5, 0.6) is 0 Å². The lowest BCUT2D eigenvalue weighted by atomic mass is 9.84. The maximum atomic E-state index is 13.2. The van der Waals surface area contributed by atoms with E-state index >= 15 is 0 Å². The maximum Gasteiger partial charge on any atom is 0.230 e. The zero-order valence-corrected chi connectivity index (χ0v) is 19.8. The van der Waals surface area contributed by atoms with Crippen molar-refractivity contribution in [3.05, 3.63) is 42.0 Å². The number of hydrogen-bond acceptors (Lipinski definition) is 4. The van der Waals surface area contributed by atoms with Gasteiger partial charge in [0.05, 0.1) is 0 Å². The van der Waals surface area contributed by atoms with E-state index in [0.717, 1.165) is 56.1 Å². The molecule has 5 rings (SSSR count). The minimum absolute atomic E-state index is 0.226. The first-order chi connectivity index (χ1) is 15.5. The van der Waals surface area contributed by atoms with Gasteiger partial charge in [-0.3, -0.25) is 9.69 Å². The zero-order chi connectivity index (χ0) is 22.2. The van der Waals surface area contributed by atoms with Gasteiger partial charge in [-0.25, -0.2) is 0 Å². The first-order valence-electron chi connectivity index (χ1n) is 12.6. The van der Waals surface area contributed by atoms with E-state index in [1.54, 1.807) is 0 Å². The highest BCUT2D eigenvalue weighted by molar-refractivity contribution is 5.95. The van der Waals surface area contributed by atoms with Crippen LogP contribution in [0, 0.1) is 12.8 Å². The number of amides is 1. The molecule has 2 aliphatic heterocycles. The molecule has 2 aromatic rings. The van der Waals surface area contributed by atoms with E-state index in [1.165, 1.54) is 19.3 Å². The van der Waals surface area contributed by atoms with E-state index in [4.69, 9.17) is 0 Å². The van der Waals surface area contributed by atoms with E-state index in [1.807, 2.05) is 18.2 Å². The van der Waals surface area contributed by atoms with Crippen LogP contribution in [0.15, 0.2) is 30.3 Å². The largest absolute Gasteiger partial charge is 0.312 e. The molecular formula is C26H37N5O. The number of nitrogens with zero attached hydrogens (tertiary/aromatic N) is 5. The Bertz CT molecular complexity index is 921. The molecule has 2 atom stereocenters. The number of piperidine rings is 1. The predicted molar refractivity (Wildman–Crippen MR) is 127 cm³/mol. The average molecular weight is 436 g/mol. The van der Waals surface area contributed by atoms with Crippen LogP contribution in [0.3, 0.4) is 0 Å². The minimum Gasteiger partial charge on any atom is -0.312 e. The van der Waals surface area contributed by atoms with Crippen LogP contribution < -0.4 is 4.90 Å². The Kier molecular flexibility index (Phi) is 6.06. The van der Waals surface area contributed by atoms with Gasteiger partial charge in [-0.2, -0.15) is 0 Å². The van der Waals surface area contributed by atoms with Crippen LogP contribution in [-0.4, -0.2) is 50.7 Å². The lowest BCUT2D eigenvalue weighted by Gasteiger charge is -2.41. The molecule has 1 aromatic heterocycles. The van der Waals surface area contributed by atoms with Gasteiger partial charge >= 0.3 is 0 Å². The molecule has 32 heavy (non-hydrogen) atoms. The van der Waals surface area contributed by atoms with Gasteiger partial charge in [-0.15, -0.1) is 10.2 Å². The molecule has 1 saturated carbocycles. The Morgan fingerprint density at radius 2 is 1.72 bits per heavy atom. The molecule has 6 heteroatoms. The molecule has 3 aliphatic rings. The Labute approximate surface area is 192 Å². The fraction of sp³-hybridized carbons (Fsp3) is 0.654. The van der Waals surface area contributed by atoms with Gasteiger partial charge in [-0.1, -0.05) is 38.5 Å². The highest BCUT2D eigenvalue weighted by Crippen LogP contribution is 2.42. The molecule has 3 fully saturated rings. The lowest BCUT2D eigenvalue weighted by molar-refractivity contribution is -0.124. The SMILES string of the molecule is Cc1nnc(C(C)C)n1C1C[C@H]2CC[C@H](C1)N2CCN(C(=O)C1CCC1)c1ccccc1. The van der Waals surface area contributed by atoms with Gasteiger partial charge in [0.25, 0.3) is 0 Å². The van der Waals surface area contributed by atoms with Gasteiger partial charge in [0.2, 0.25) is 5.91 Å². The molecule has 3 heterocycles. The molecule has 2 saturated heterocycles. The second-order valence-electron chi connectivity index (χ2n) is 10.3. The van der Waals surface area contributed by atoms with E-state index < -0.39 is 0 Å². The average Bonchev–Trinajstić information content (AvgIpc) is 3.23. The highest BCUT2D eigenvalue weighted by atomic mass is 16.2. The summed E-state index contributed by atoms with van der Waals surface area (Å²) in [6, 6.07) is 12.0. The molecule has 0 radical (unpaired) electrons. The maximum absolute atomic E-state index is 13.2. The first-order valence-corrected chi connectivity index (χ1v) is 12.6. The number of hydrogen-bond donors (Lipinski definition) is 0. The highest BCUT2D eigenvalue weighted by Gasteiger charge is 2.42. The van der Waals surface area contributed by atoms with Gasteiger partial charge in [0.15, 0.2) is 0 Å². The van der Waals surface area contributed by atoms with Crippen LogP contribution in [0.1, 0.15) is 82.4 Å². The number of fused-ring (bicyclic) bond motifs is 2. The van der Waals surface area contributed by atoms with Crippen LogP contribution in [0.2, 0.25) is 0 Å². The lowest BCUT2D eigenvalue weighted by Crippen LogP contribution is -2.49. The molecule has 172 valence electrons. The van der Waals surface area contributed by atoms with Crippen molar-refractivity contribution < 1.29 is 4.79 Å². The van der Waals surface area contributed by atoms with Crippen LogP contribution in [0.4, 0.5) is 5.69 Å². The number of rotatable bonds is 7. The number of aromatic nitrogens is 3. The van der Waals surface area contributed by atoms with Crippen molar-refractivity contribution in [1.82, 2.24) is 19.7 Å². The molecule has 1 aliphatic carbocycles. The Morgan fingerprint density at radius 3 is 2.31 bits per heavy atom. The third kappa shape index (κ3) is 3.98. The molecule has 0 unspecified atom stereocenters. The van der Waals surface area contributed by atoms with Crippen molar-refractivity contribution in [1.29, 1.82) is 0 Å². The fourth-order valence-corrected chi connectivity index (χ4v) is 6.12. The van der Waals surface area contributed by atoms with Crippen molar-refractivity contribution in [2.24, 2.45) is 5.92 Å². The molecule has 1 amide bonds. The number of aryl methyl sites for hydroxylation is 1. The first kappa shape index (κ1) is 21.6. The molecule has 0 N–H and O–H groups in total. The summed E-state index contributed by atoms with van der Waals surface area (Å²) in [5, 5.41) is 8.88. The summed E-state index contributed by atoms with van der Waals surface area (Å²) in [6.07, 6.45) is 8.15. The summed E-state index contributed by atoms with van der Waals surface area (Å²) < 4.78 is 2.42. The molecular weight excluding hydrogens is 398 g/mol. The van der Waals surface area contributed by atoms with Gasteiger partial charge in [0, 0.05) is 48.7 Å². The van der Waals surface area contributed by atoms with Gasteiger partial charge in [-0.05, 0) is 57.6 Å². The normalized spacial score (nSPS) is 25.8. The molecule has 2 bridgehead atoms. The smallest absolute Gasteiger partial charge is 0.230 e. The zero-order valence-electron chi connectivity index (χ0n) is 19.8. The summed E-state index contributed by atoms with van der Waals surface area (Å²) in [7, 11) is 0. The van der Waals surface area contributed by atoms with Crippen molar-refractivity contribution in [3.8, 4) is 0 Å². The van der Waals surface area contributed by atoms with Crippen LogP contribution in [-0.2, 0) is 4.79 Å². The summed E-state index contributed by atoms with van der Waals surface area (Å²) in [5.41, 5.74) is 1.05. The number of carbonyl (C=O) groups is 1. The topological polar surface area (TPSA) is 54.3 Å². The molecule has 0 spiro atoms. The summed E-state index contributed by atoms with van der Waals surface area (Å²) >= 11 is 0. The van der Waals surface area contributed by atoms with Crippen molar-refractivity contribution in [3.63, 3.8) is 0 Å². The number of para-hydroxylation sites is 1. The monoisotopic (exact) mass is 435 g/mol.